The maximum atomic E-state index is 5.80. The van der Waals surface area contributed by atoms with Gasteiger partial charge in [0.05, 0.1) is 6.54 Å². The Morgan fingerprint density at radius 1 is 1.50 bits per heavy atom. The molecule has 0 bridgehead atoms. The summed E-state index contributed by atoms with van der Waals surface area (Å²) in [5, 5.41) is 2.10. The van der Waals surface area contributed by atoms with Gasteiger partial charge in [0.2, 0.25) is 0 Å². The highest BCUT2D eigenvalue weighted by Crippen LogP contribution is 2.23. The zero-order valence-electron chi connectivity index (χ0n) is 10.3. The van der Waals surface area contributed by atoms with Crippen molar-refractivity contribution >= 4 is 33.1 Å². The minimum atomic E-state index is 0.503. The molecule has 3 nitrogen and oxygen atoms in total. The van der Waals surface area contributed by atoms with E-state index < -0.39 is 0 Å². The molecule has 5 heteroatoms. The van der Waals surface area contributed by atoms with E-state index in [0.29, 0.717) is 6.54 Å². The van der Waals surface area contributed by atoms with Gasteiger partial charge in [-0.05, 0) is 40.4 Å². The highest BCUT2D eigenvalue weighted by molar-refractivity contribution is 9.10. The zero-order chi connectivity index (χ0) is 13.0. The quantitative estimate of drug-likeness (QED) is 0.916. The number of hydrogen-bond acceptors (Lipinski definition) is 4. The molecule has 0 unspecified atom stereocenters. The maximum absolute atomic E-state index is 5.80. The van der Waals surface area contributed by atoms with Gasteiger partial charge in [-0.25, -0.2) is 4.98 Å². The summed E-state index contributed by atoms with van der Waals surface area (Å²) in [5.74, 6) is 0.983. The number of hydrogen-bond donors (Lipinski definition) is 1. The van der Waals surface area contributed by atoms with Crippen LogP contribution in [0.25, 0.3) is 0 Å². The first-order valence-corrected chi connectivity index (χ1v) is 7.53. The molecule has 0 aliphatic rings. The van der Waals surface area contributed by atoms with Crippen LogP contribution in [0.5, 0.6) is 0 Å². The van der Waals surface area contributed by atoms with E-state index >= 15 is 0 Å². The van der Waals surface area contributed by atoms with E-state index in [1.54, 1.807) is 11.3 Å². The van der Waals surface area contributed by atoms with E-state index in [1.165, 1.54) is 4.88 Å². The molecule has 0 saturated carbocycles. The summed E-state index contributed by atoms with van der Waals surface area (Å²) < 4.78 is 0.971. The predicted molar refractivity (Wildman–Crippen MR) is 80.9 cm³/mol. The molecule has 0 aliphatic heterocycles. The fourth-order valence-electron chi connectivity index (χ4n) is 1.84. The molecular formula is C13H16BrN3S. The van der Waals surface area contributed by atoms with E-state index in [0.717, 1.165) is 28.9 Å². The van der Waals surface area contributed by atoms with Crippen molar-refractivity contribution in [2.45, 2.75) is 20.0 Å². The molecule has 2 rings (SSSR count). The first kappa shape index (κ1) is 13.5. The van der Waals surface area contributed by atoms with Crippen LogP contribution >= 0.6 is 27.3 Å². The highest BCUT2D eigenvalue weighted by atomic mass is 79.9. The molecule has 2 aromatic rings. The summed E-state index contributed by atoms with van der Waals surface area (Å²) in [4.78, 5) is 8.09. The molecule has 2 aromatic heterocycles. The van der Waals surface area contributed by atoms with Gasteiger partial charge in [-0.1, -0.05) is 6.07 Å². The minimum absolute atomic E-state index is 0.503. The highest BCUT2D eigenvalue weighted by Gasteiger charge is 2.12. The molecule has 0 radical (unpaired) electrons. The lowest BCUT2D eigenvalue weighted by atomic mass is 10.2. The van der Waals surface area contributed by atoms with Crippen LogP contribution in [0.1, 0.15) is 17.4 Å². The molecule has 0 amide bonds. The lowest BCUT2D eigenvalue weighted by Crippen LogP contribution is -2.24. The fourth-order valence-corrected chi connectivity index (χ4v) is 2.93. The molecule has 0 aromatic carbocycles. The maximum Gasteiger partial charge on any atom is 0.133 e. The average molecular weight is 326 g/mol. The van der Waals surface area contributed by atoms with Crippen molar-refractivity contribution in [1.82, 2.24) is 4.98 Å². The molecule has 0 aliphatic carbocycles. The Morgan fingerprint density at radius 2 is 2.33 bits per heavy atom. The second kappa shape index (κ2) is 6.31. The van der Waals surface area contributed by atoms with Crippen LogP contribution in [-0.2, 0) is 13.1 Å². The summed E-state index contributed by atoms with van der Waals surface area (Å²) in [6.45, 7) is 4.44. The molecule has 18 heavy (non-hydrogen) atoms. The summed E-state index contributed by atoms with van der Waals surface area (Å²) >= 11 is 5.20. The van der Waals surface area contributed by atoms with Gasteiger partial charge in [0.15, 0.2) is 0 Å². The predicted octanol–water partition coefficient (Wildman–Crippen LogP) is 3.39. The van der Waals surface area contributed by atoms with Gasteiger partial charge in [0.1, 0.15) is 5.82 Å². The van der Waals surface area contributed by atoms with E-state index in [-0.39, 0.29) is 0 Å². The van der Waals surface area contributed by atoms with Crippen LogP contribution in [0, 0.1) is 0 Å². The number of nitrogens with zero attached hydrogens (tertiary/aromatic N) is 2. The van der Waals surface area contributed by atoms with Crippen LogP contribution in [0.4, 0.5) is 5.82 Å². The Morgan fingerprint density at radius 3 is 2.94 bits per heavy atom. The van der Waals surface area contributed by atoms with Crippen molar-refractivity contribution in [2.24, 2.45) is 5.73 Å². The van der Waals surface area contributed by atoms with Gasteiger partial charge in [0.25, 0.3) is 0 Å². The van der Waals surface area contributed by atoms with E-state index in [4.69, 9.17) is 5.73 Å². The third-order valence-electron chi connectivity index (χ3n) is 2.74. The molecule has 0 saturated heterocycles. The molecule has 0 spiro atoms. The third-order valence-corrected chi connectivity index (χ3v) is 4.03. The van der Waals surface area contributed by atoms with Crippen LogP contribution in [-0.4, -0.2) is 11.5 Å². The summed E-state index contributed by atoms with van der Waals surface area (Å²) in [5.41, 5.74) is 6.87. The van der Waals surface area contributed by atoms with Gasteiger partial charge in [0, 0.05) is 34.2 Å². The number of aromatic nitrogens is 1. The smallest absolute Gasteiger partial charge is 0.133 e. The Hall–Kier alpha value is -0.910. The lowest BCUT2D eigenvalue weighted by molar-refractivity contribution is 0.809. The Bertz CT molecular complexity index is 499. The molecule has 2 heterocycles. The lowest BCUT2D eigenvalue weighted by Gasteiger charge is -2.23. The van der Waals surface area contributed by atoms with Crippen LogP contribution < -0.4 is 10.6 Å². The van der Waals surface area contributed by atoms with Crippen molar-refractivity contribution in [2.75, 3.05) is 11.4 Å². The van der Waals surface area contributed by atoms with Gasteiger partial charge < -0.3 is 10.6 Å². The fraction of sp³-hybridized carbons (Fsp3) is 0.308. The first-order chi connectivity index (χ1) is 8.74. The zero-order valence-corrected chi connectivity index (χ0v) is 12.7. The standard InChI is InChI=1S/C13H16BrN3S/c1-2-17(9-12-4-3-5-18-12)13-10(7-15)6-11(14)8-16-13/h3-6,8H,2,7,9,15H2,1H3. The SMILES string of the molecule is CCN(Cc1cccs1)c1ncc(Br)cc1CN. The number of anilines is 1. The number of halogens is 1. The van der Waals surface area contributed by atoms with Gasteiger partial charge >= 0.3 is 0 Å². The van der Waals surface area contributed by atoms with Gasteiger partial charge in [-0.15, -0.1) is 11.3 Å². The van der Waals surface area contributed by atoms with Crippen molar-refractivity contribution in [1.29, 1.82) is 0 Å². The molecule has 96 valence electrons. The number of thiophene rings is 1. The Labute approximate surface area is 120 Å². The molecule has 2 N–H and O–H groups in total. The summed E-state index contributed by atoms with van der Waals surface area (Å²) in [6.07, 6.45) is 1.82. The minimum Gasteiger partial charge on any atom is -0.351 e. The van der Waals surface area contributed by atoms with E-state index in [9.17, 15) is 0 Å². The third kappa shape index (κ3) is 3.10. The molecular weight excluding hydrogens is 310 g/mol. The van der Waals surface area contributed by atoms with Crippen LogP contribution in [0.2, 0.25) is 0 Å². The molecule has 0 atom stereocenters. The Balaban J connectivity index is 2.26. The number of pyridine rings is 1. The molecule has 0 fully saturated rings. The second-order valence-electron chi connectivity index (χ2n) is 3.93. The average Bonchev–Trinajstić information content (AvgIpc) is 2.89. The van der Waals surface area contributed by atoms with Gasteiger partial charge in [-0.2, -0.15) is 0 Å². The van der Waals surface area contributed by atoms with Crippen molar-refractivity contribution < 1.29 is 0 Å². The van der Waals surface area contributed by atoms with Crippen molar-refractivity contribution in [3.8, 4) is 0 Å². The number of rotatable bonds is 5. The first-order valence-electron chi connectivity index (χ1n) is 5.86. The topological polar surface area (TPSA) is 42.2 Å². The van der Waals surface area contributed by atoms with Crippen molar-refractivity contribution in [3.63, 3.8) is 0 Å². The second-order valence-corrected chi connectivity index (χ2v) is 5.88. The Kier molecular flexibility index (Phi) is 4.74. The van der Waals surface area contributed by atoms with Crippen LogP contribution in [0.15, 0.2) is 34.2 Å². The van der Waals surface area contributed by atoms with E-state index in [2.05, 4.69) is 50.3 Å². The summed E-state index contributed by atoms with van der Waals surface area (Å²) in [7, 11) is 0. The normalized spacial score (nSPS) is 10.6. The van der Waals surface area contributed by atoms with Crippen LogP contribution in [0.3, 0.4) is 0 Å². The summed E-state index contributed by atoms with van der Waals surface area (Å²) in [6, 6.07) is 6.26. The number of nitrogens with two attached hydrogens (primary N) is 1. The largest absolute Gasteiger partial charge is 0.351 e. The van der Waals surface area contributed by atoms with E-state index in [1.807, 2.05) is 12.3 Å². The van der Waals surface area contributed by atoms with Crippen molar-refractivity contribution in [3.05, 3.63) is 44.7 Å². The van der Waals surface area contributed by atoms with Gasteiger partial charge in [-0.3, -0.25) is 0 Å². The monoisotopic (exact) mass is 325 g/mol.